The monoisotopic (exact) mass is 230 g/mol. The second kappa shape index (κ2) is 7.41. The first-order valence-electron chi connectivity index (χ1n) is 4.53. The van der Waals surface area contributed by atoms with Crippen LogP contribution in [0, 0.1) is 0 Å². The van der Waals surface area contributed by atoms with Gasteiger partial charge in [-0.1, -0.05) is 6.08 Å². The molecule has 0 rings (SSSR count). The van der Waals surface area contributed by atoms with E-state index in [0.29, 0.717) is 0 Å². The Balaban J connectivity index is 4.07. The van der Waals surface area contributed by atoms with E-state index in [1.54, 1.807) is 0 Å². The van der Waals surface area contributed by atoms with E-state index in [9.17, 15) is 14.4 Å². The summed E-state index contributed by atoms with van der Waals surface area (Å²) in [5.41, 5.74) is 0. The van der Waals surface area contributed by atoms with Crippen LogP contribution in [-0.2, 0) is 14.4 Å². The summed E-state index contributed by atoms with van der Waals surface area (Å²) in [6.07, 6.45) is 1.14. The van der Waals surface area contributed by atoms with Gasteiger partial charge in [-0.2, -0.15) is 0 Å². The molecule has 0 aliphatic heterocycles. The van der Waals surface area contributed by atoms with Gasteiger partial charge in [-0.3, -0.25) is 14.4 Å². The Bertz CT molecular complexity index is 290. The molecule has 4 N–H and O–H groups in total. The summed E-state index contributed by atoms with van der Waals surface area (Å²) in [6, 6.07) is -1.05. The molecule has 0 aromatic heterocycles. The van der Waals surface area contributed by atoms with Crippen molar-refractivity contribution >= 4 is 17.8 Å². The Morgan fingerprint density at radius 1 is 1.31 bits per heavy atom. The largest absolute Gasteiger partial charge is 0.480 e. The minimum Gasteiger partial charge on any atom is -0.480 e. The third kappa shape index (κ3) is 6.55. The normalized spacial score (nSPS) is 11.5. The Morgan fingerprint density at radius 2 is 1.94 bits per heavy atom. The van der Waals surface area contributed by atoms with E-state index in [0.717, 1.165) is 0 Å². The molecule has 0 aromatic rings. The van der Waals surface area contributed by atoms with Gasteiger partial charge < -0.3 is 20.8 Å². The van der Waals surface area contributed by atoms with Crippen LogP contribution in [0.15, 0.2) is 12.7 Å². The maximum Gasteiger partial charge on any atom is 0.322 e. The highest BCUT2D eigenvalue weighted by Crippen LogP contribution is 1.92. The van der Waals surface area contributed by atoms with Gasteiger partial charge in [0.25, 0.3) is 0 Å². The average Bonchev–Trinajstić information content (AvgIpc) is 2.20. The molecule has 0 radical (unpaired) electrons. The van der Waals surface area contributed by atoms with E-state index in [4.69, 9.17) is 10.2 Å². The van der Waals surface area contributed by atoms with Gasteiger partial charge in [-0.05, 0) is 0 Å². The van der Waals surface area contributed by atoms with Gasteiger partial charge in [-0.25, -0.2) is 0 Å². The Labute approximate surface area is 92.1 Å². The van der Waals surface area contributed by atoms with Crippen molar-refractivity contribution in [3.05, 3.63) is 12.7 Å². The van der Waals surface area contributed by atoms with Gasteiger partial charge in [-0.15, -0.1) is 6.58 Å². The molecule has 0 spiro atoms. The van der Waals surface area contributed by atoms with Gasteiger partial charge >= 0.3 is 11.9 Å². The molecule has 7 nitrogen and oxygen atoms in total. The van der Waals surface area contributed by atoms with Crippen molar-refractivity contribution in [3.8, 4) is 0 Å². The van der Waals surface area contributed by atoms with E-state index >= 15 is 0 Å². The van der Waals surface area contributed by atoms with Crippen molar-refractivity contribution in [2.45, 2.75) is 12.5 Å². The van der Waals surface area contributed by atoms with Crippen molar-refractivity contribution in [2.75, 3.05) is 13.1 Å². The topological polar surface area (TPSA) is 116 Å². The number of nitrogens with one attached hydrogen (secondary N) is 2. The third-order valence-electron chi connectivity index (χ3n) is 1.63. The summed E-state index contributed by atoms with van der Waals surface area (Å²) < 4.78 is 0. The Hall–Kier alpha value is -1.89. The van der Waals surface area contributed by atoms with Crippen LogP contribution < -0.4 is 10.6 Å². The zero-order chi connectivity index (χ0) is 12.6. The van der Waals surface area contributed by atoms with Gasteiger partial charge in [0.1, 0.15) is 12.6 Å². The molecule has 0 fully saturated rings. The number of carboxylic acids is 2. The molecule has 0 heterocycles. The number of aliphatic carboxylic acids is 2. The molecule has 0 aliphatic carbocycles. The smallest absolute Gasteiger partial charge is 0.322 e. The van der Waals surface area contributed by atoms with Crippen LogP contribution in [0.25, 0.3) is 0 Å². The molecule has 0 unspecified atom stereocenters. The first kappa shape index (κ1) is 14.1. The molecule has 0 aromatic carbocycles. The molecule has 90 valence electrons. The number of amides is 1. The molecular formula is C9H14N2O5. The predicted octanol–water partition coefficient (Wildman–Crippen LogP) is -1.19. The average molecular weight is 230 g/mol. The number of hydrogen-bond donors (Lipinski definition) is 4. The summed E-state index contributed by atoms with van der Waals surface area (Å²) in [4.78, 5) is 31.9. The molecule has 0 saturated carbocycles. The quantitative estimate of drug-likeness (QED) is 0.389. The lowest BCUT2D eigenvalue weighted by Crippen LogP contribution is -2.42. The fourth-order valence-electron chi connectivity index (χ4n) is 0.904. The first-order valence-corrected chi connectivity index (χ1v) is 4.53. The van der Waals surface area contributed by atoms with Gasteiger partial charge in [0.2, 0.25) is 5.91 Å². The van der Waals surface area contributed by atoms with E-state index < -0.39 is 30.4 Å². The fourth-order valence-corrected chi connectivity index (χ4v) is 0.904. The molecule has 1 atom stereocenters. The predicted molar refractivity (Wildman–Crippen MR) is 54.9 cm³/mol. The molecule has 16 heavy (non-hydrogen) atoms. The zero-order valence-corrected chi connectivity index (χ0v) is 8.60. The molecular weight excluding hydrogens is 216 g/mol. The highest BCUT2D eigenvalue weighted by Gasteiger charge is 2.20. The molecule has 0 saturated heterocycles. The van der Waals surface area contributed by atoms with Crippen LogP contribution >= 0.6 is 0 Å². The Kier molecular flexibility index (Phi) is 6.53. The summed E-state index contributed by atoms with van der Waals surface area (Å²) in [5, 5.41) is 21.7. The Morgan fingerprint density at radius 3 is 2.38 bits per heavy atom. The van der Waals surface area contributed by atoms with Crippen molar-refractivity contribution < 1.29 is 24.6 Å². The number of carboxylic acid groups (broad SMARTS) is 2. The minimum atomic E-state index is -1.18. The lowest BCUT2D eigenvalue weighted by molar-refractivity contribution is -0.141. The molecule has 0 aliphatic rings. The number of carbonyl (C=O) groups is 3. The second-order valence-electron chi connectivity index (χ2n) is 2.96. The van der Waals surface area contributed by atoms with Crippen LogP contribution in [0.1, 0.15) is 6.42 Å². The summed E-state index contributed by atoms with van der Waals surface area (Å²) in [5.74, 6) is -2.99. The van der Waals surface area contributed by atoms with E-state index in [2.05, 4.69) is 17.2 Å². The lowest BCUT2D eigenvalue weighted by atomic mass is 10.2. The lowest BCUT2D eigenvalue weighted by Gasteiger charge is -2.12. The summed E-state index contributed by atoms with van der Waals surface area (Å²) >= 11 is 0. The van der Waals surface area contributed by atoms with Gasteiger partial charge in [0.15, 0.2) is 0 Å². The molecule has 1 amide bonds. The van der Waals surface area contributed by atoms with Gasteiger partial charge in [0, 0.05) is 6.54 Å². The van der Waals surface area contributed by atoms with E-state index in [1.165, 1.54) is 6.08 Å². The third-order valence-corrected chi connectivity index (χ3v) is 1.63. The number of carbonyl (C=O) groups excluding carboxylic acids is 1. The highest BCUT2D eigenvalue weighted by atomic mass is 16.4. The van der Waals surface area contributed by atoms with Crippen LogP contribution in [0.3, 0.4) is 0 Å². The van der Waals surface area contributed by atoms with Crippen LogP contribution in [0.2, 0.25) is 0 Å². The van der Waals surface area contributed by atoms with Crippen molar-refractivity contribution in [3.63, 3.8) is 0 Å². The maximum absolute atomic E-state index is 11.1. The zero-order valence-electron chi connectivity index (χ0n) is 8.60. The molecule has 7 heteroatoms. The summed E-state index contributed by atoms with van der Waals surface area (Å²) in [6.45, 7) is 3.13. The number of hydrogen-bond acceptors (Lipinski definition) is 4. The second-order valence-corrected chi connectivity index (χ2v) is 2.96. The summed E-state index contributed by atoms with van der Waals surface area (Å²) in [7, 11) is 0. The maximum atomic E-state index is 11.1. The van der Waals surface area contributed by atoms with E-state index in [-0.39, 0.29) is 13.0 Å². The van der Waals surface area contributed by atoms with Crippen molar-refractivity contribution in [2.24, 2.45) is 0 Å². The molecule has 0 bridgehead atoms. The fraction of sp³-hybridized carbons (Fsp3) is 0.444. The van der Waals surface area contributed by atoms with E-state index in [1.807, 2.05) is 0 Å². The highest BCUT2D eigenvalue weighted by molar-refractivity contribution is 5.86. The van der Waals surface area contributed by atoms with Crippen LogP contribution in [0.5, 0.6) is 0 Å². The minimum absolute atomic E-state index is 0.253. The van der Waals surface area contributed by atoms with Crippen LogP contribution in [-0.4, -0.2) is 47.2 Å². The standard InChI is InChI=1S/C9H14N2O5/c1-2-3-10-6(9(15)16)4-7(12)11-5-8(13)14/h2,6,10H,1,3-5H2,(H,11,12)(H,13,14)(H,15,16)/t6-/m0/s1. The SMILES string of the molecule is C=CCN[C@@H](CC(=O)NCC(=O)O)C(=O)O. The van der Waals surface area contributed by atoms with Crippen molar-refractivity contribution in [1.82, 2.24) is 10.6 Å². The van der Waals surface area contributed by atoms with Crippen LogP contribution in [0.4, 0.5) is 0 Å². The van der Waals surface area contributed by atoms with Gasteiger partial charge in [0.05, 0.1) is 6.42 Å². The number of rotatable bonds is 8. The first-order chi connectivity index (χ1) is 7.47. The van der Waals surface area contributed by atoms with Crippen molar-refractivity contribution in [1.29, 1.82) is 0 Å².